The van der Waals surface area contributed by atoms with Gasteiger partial charge in [0.2, 0.25) is 0 Å². The summed E-state index contributed by atoms with van der Waals surface area (Å²) >= 11 is 0. The van der Waals surface area contributed by atoms with E-state index in [1.807, 2.05) is 13.8 Å². The molecule has 0 aromatic heterocycles. The summed E-state index contributed by atoms with van der Waals surface area (Å²) in [6, 6.07) is 0. The average molecular weight is 214 g/mol. The molecule has 0 bridgehead atoms. The van der Waals surface area contributed by atoms with Crippen LogP contribution in [0.3, 0.4) is 0 Å². The summed E-state index contributed by atoms with van der Waals surface area (Å²) in [5.41, 5.74) is -0.880. The van der Waals surface area contributed by atoms with E-state index in [4.69, 9.17) is 9.84 Å². The minimum atomic E-state index is -0.924. The van der Waals surface area contributed by atoms with Crippen molar-refractivity contribution in [2.24, 2.45) is 17.8 Å². The summed E-state index contributed by atoms with van der Waals surface area (Å²) in [6.07, 6.45) is 0.687. The van der Waals surface area contributed by atoms with Crippen molar-refractivity contribution in [1.82, 2.24) is 0 Å². The molecule has 0 saturated carbocycles. The number of carbonyl (C=O) groups excluding carboxylic acids is 1. The summed E-state index contributed by atoms with van der Waals surface area (Å²) in [4.78, 5) is 22.4. The summed E-state index contributed by atoms with van der Waals surface area (Å²) in [5, 5.41) is 8.98. The van der Waals surface area contributed by atoms with Crippen molar-refractivity contribution in [3.05, 3.63) is 0 Å². The monoisotopic (exact) mass is 214 g/mol. The van der Waals surface area contributed by atoms with Crippen LogP contribution in [0, 0.1) is 17.8 Å². The lowest BCUT2D eigenvalue weighted by atomic mass is 9.74. The van der Waals surface area contributed by atoms with Gasteiger partial charge in [0.25, 0.3) is 0 Å². The van der Waals surface area contributed by atoms with Crippen molar-refractivity contribution in [1.29, 1.82) is 0 Å². The van der Waals surface area contributed by atoms with E-state index in [1.54, 1.807) is 13.8 Å². The molecular weight excluding hydrogens is 196 g/mol. The highest BCUT2D eigenvalue weighted by Crippen LogP contribution is 2.39. The third kappa shape index (κ3) is 1.98. The predicted octanol–water partition coefficient (Wildman–Crippen LogP) is 1.68. The van der Waals surface area contributed by atoms with E-state index in [0.717, 1.165) is 0 Å². The topological polar surface area (TPSA) is 63.6 Å². The van der Waals surface area contributed by atoms with Crippen LogP contribution in [-0.2, 0) is 14.3 Å². The average Bonchev–Trinajstić information content (AvgIpc) is 2.13. The highest BCUT2D eigenvalue weighted by atomic mass is 16.6. The fourth-order valence-electron chi connectivity index (χ4n) is 2.04. The Morgan fingerprint density at radius 3 is 2.60 bits per heavy atom. The summed E-state index contributed by atoms with van der Waals surface area (Å²) in [5.74, 6) is -1.95. The fraction of sp³-hybridized carbons (Fsp3) is 0.818. The Morgan fingerprint density at radius 1 is 1.60 bits per heavy atom. The van der Waals surface area contributed by atoms with Crippen molar-refractivity contribution in [2.75, 3.05) is 0 Å². The molecule has 1 heterocycles. The maximum Gasteiger partial charge on any atom is 0.310 e. The van der Waals surface area contributed by atoms with Crippen molar-refractivity contribution >= 4 is 11.9 Å². The molecule has 1 rings (SSSR count). The molecule has 1 aliphatic heterocycles. The predicted molar refractivity (Wildman–Crippen MR) is 54.2 cm³/mol. The lowest BCUT2D eigenvalue weighted by Crippen LogP contribution is -2.52. The first kappa shape index (κ1) is 12.0. The van der Waals surface area contributed by atoms with Gasteiger partial charge in [0.05, 0.1) is 11.8 Å². The van der Waals surface area contributed by atoms with Gasteiger partial charge >= 0.3 is 11.9 Å². The molecule has 0 aromatic carbocycles. The van der Waals surface area contributed by atoms with Gasteiger partial charge < -0.3 is 9.84 Å². The van der Waals surface area contributed by atoms with Crippen LogP contribution in [0.1, 0.15) is 34.1 Å². The highest BCUT2D eigenvalue weighted by molar-refractivity contribution is 5.76. The van der Waals surface area contributed by atoms with E-state index in [1.165, 1.54) is 0 Å². The second-order valence-electron chi connectivity index (χ2n) is 4.70. The molecule has 4 atom stereocenters. The number of ether oxygens (including phenoxy) is 1. The van der Waals surface area contributed by atoms with Gasteiger partial charge in [-0.2, -0.15) is 0 Å². The molecule has 0 amide bonds. The molecule has 1 fully saturated rings. The molecule has 1 saturated heterocycles. The number of carboxylic acid groups (broad SMARTS) is 1. The molecule has 4 heteroatoms. The van der Waals surface area contributed by atoms with Gasteiger partial charge in [-0.3, -0.25) is 9.59 Å². The fourth-order valence-corrected chi connectivity index (χ4v) is 2.04. The Kier molecular flexibility index (Phi) is 3.07. The van der Waals surface area contributed by atoms with E-state index in [0.29, 0.717) is 6.42 Å². The maximum atomic E-state index is 11.5. The molecule has 15 heavy (non-hydrogen) atoms. The van der Waals surface area contributed by atoms with Crippen LogP contribution in [0.2, 0.25) is 0 Å². The van der Waals surface area contributed by atoms with Gasteiger partial charge in [-0.15, -0.1) is 0 Å². The van der Waals surface area contributed by atoms with Crippen LogP contribution in [-0.4, -0.2) is 22.6 Å². The second kappa shape index (κ2) is 3.83. The maximum absolute atomic E-state index is 11.5. The molecule has 0 unspecified atom stereocenters. The third-order valence-corrected chi connectivity index (χ3v) is 3.64. The summed E-state index contributed by atoms with van der Waals surface area (Å²) in [7, 11) is 0. The largest absolute Gasteiger partial charge is 0.481 e. The SMILES string of the molecule is C[C@@H]1C[C@H](C)[C@](C)([C@@H](C)C(=O)O)OC1=O. The van der Waals surface area contributed by atoms with E-state index in [2.05, 4.69) is 0 Å². The standard InChI is InChI=1S/C11H18O4/c1-6-5-7(2)11(4,15-10(6)14)8(3)9(12)13/h6-8H,5H2,1-4H3,(H,12,13)/t6-,7+,8+,11-/m1/s1. The molecule has 0 aliphatic carbocycles. The van der Waals surface area contributed by atoms with E-state index >= 15 is 0 Å². The van der Waals surface area contributed by atoms with E-state index in [-0.39, 0.29) is 17.8 Å². The highest BCUT2D eigenvalue weighted by Gasteiger charge is 2.48. The van der Waals surface area contributed by atoms with Crippen molar-refractivity contribution in [3.63, 3.8) is 0 Å². The number of hydrogen-bond donors (Lipinski definition) is 1. The number of carboxylic acids is 1. The van der Waals surface area contributed by atoms with Crippen LogP contribution in [0.25, 0.3) is 0 Å². The summed E-state index contributed by atoms with van der Waals surface area (Å²) in [6.45, 7) is 7.04. The van der Waals surface area contributed by atoms with Gasteiger partial charge in [0, 0.05) is 0 Å². The third-order valence-electron chi connectivity index (χ3n) is 3.64. The van der Waals surface area contributed by atoms with E-state index in [9.17, 15) is 9.59 Å². The number of rotatable bonds is 2. The minimum Gasteiger partial charge on any atom is -0.481 e. The minimum absolute atomic E-state index is 0.0660. The van der Waals surface area contributed by atoms with Crippen molar-refractivity contribution in [2.45, 2.75) is 39.7 Å². The van der Waals surface area contributed by atoms with Crippen LogP contribution in [0.15, 0.2) is 0 Å². The zero-order valence-corrected chi connectivity index (χ0v) is 9.61. The quantitative estimate of drug-likeness (QED) is 0.710. The number of esters is 1. The van der Waals surface area contributed by atoms with Crippen molar-refractivity contribution < 1.29 is 19.4 Å². The van der Waals surface area contributed by atoms with Gasteiger partial charge in [-0.25, -0.2) is 0 Å². The van der Waals surface area contributed by atoms with Crippen molar-refractivity contribution in [3.8, 4) is 0 Å². The molecule has 4 nitrogen and oxygen atoms in total. The molecule has 86 valence electrons. The second-order valence-corrected chi connectivity index (χ2v) is 4.70. The normalized spacial score (nSPS) is 38.3. The Hall–Kier alpha value is -1.06. The lowest BCUT2D eigenvalue weighted by Gasteiger charge is -2.43. The van der Waals surface area contributed by atoms with Crippen LogP contribution >= 0.6 is 0 Å². The van der Waals surface area contributed by atoms with Crippen LogP contribution < -0.4 is 0 Å². The number of cyclic esters (lactones) is 1. The zero-order chi connectivity index (χ0) is 11.8. The molecule has 0 spiro atoms. The number of carbonyl (C=O) groups is 2. The first-order chi connectivity index (χ1) is 6.79. The van der Waals surface area contributed by atoms with Gasteiger partial charge in [0.15, 0.2) is 0 Å². The Labute approximate surface area is 89.6 Å². The Balaban J connectivity index is 2.92. The molecule has 0 radical (unpaired) electrons. The van der Waals surface area contributed by atoms with Crippen LogP contribution in [0.5, 0.6) is 0 Å². The zero-order valence-electron chi connectivity index (χ0n) is 9.61. The molecule has 1 N–H and O–H groups in total. The van der Waals surface area contributed by atoms with E-state index < -0.39 is 17.5 Å². The first-order valence-electron chi connectivity index (χ1n) is 5.24. The van der Waals surface area contributed by atoms with Gasteiger partial charge in [-0.1, -0.05) is 13.8 Å². The lowest BCUT2D eigenvalue weighted by molar-refractivity contribution is -0.192. The summed E-state index contributed by atoms with van der Waals surface area (Å²) < 4.78 is 5.30. The van der Waals surface area contributed by atoms with Crippen LogP contribution in [0.4, 0.5) is 0 Å². The number of aliphatic carboxylic acids is 1. The molecule has 0 aromatic rings. The Bertz CT molecular complexity index is 286. The Morgan fingerprint density at radius 2 is 2.13 bits per heavy atom. The first-order valence-corrected chi connectivity index (χ1v) is 5.24. The molecule has 1 aliphatic rings. The molecular formula is C11H18O4. The van der Waals surface area contributed by atoms with Gasteiger partial charge in [0.1, 0.15) is 5.60 Å². The van der Waals surface area contributed by atoms with Gasteiger partial charge in [-0.05, 0) is 26.2 Å². The number of hydrogen-bond acceptors (Lipinski definition) is 3. The smallest absolute Gasteiger partial charge is 0.310 e.